The molecule has 2 nitrogen and oxygen atoms in total. The number of rotatable bonds is 4. The number of alkyl halides is 2. The fourth-order valence-electron chi connectivity index (χ4n) is 1.60. The summed E-state index contributed by atoms with van der Waals surface area (Å²) in [5.41, 5.74) is 0. The summed E-state index contributed by atoms with van der Waals surface area (Å²) in [6, 6.07) is 0. The van der Waals surface area contributed by atoms with Gasteiger partial charge in [-0.25, -0.2) is 0 Å². The van der Waals surface area contributed by atoms with Crippen LogP contribution < -0.4 is 0 Å². The van der Waals surface area contributed by atoms with E-state index in [1.165, 1.54) is 0 Å². The number of hydrogen-bond acceptors (Lipinski definition) is 3. The summed E-state index contributed by atoms with van der Waals surface area (Å²) in [6.45, 7) is 7.00. The molecule has 0 spiro atoms. The lowest BCUT2D eigenvalue weighted by Gasteiger charge is -2.36. The van der Waals surface area contributed by atoms with E-state index in [9.17, 15) is 0 Å². The quantitative estimate of drug-likeness (QED) is 0.714. The van der Waals surface area contributed by atoms with Gasteiger partial charge in [-0.15, -0.1) is 35.0 Å². The normalized spacial score (nSPS) is 24.9. The minimum atomic E-state index is 0.226. The maximum atomic E-state index is 5.97. The molecular weight excluding hydrogens is 239 g/mol. The highest BCUT2D eigenvalue weighted by atomic mass is 35.5. The second kappa shape index (κ2) is 6.44. The standard InChI is InChI=1S/C9H18Cl2N2S/c1-8(10)3-12-5-13(4-9(2)11)7-14-6-12/h8-9H,3-7H2,1-2H3/t8-,9-/m0/s1. The third-order valence-electron chi connectivity index (χ3n) is 1.97. The molecule has 0 unspecified atom stereocenters. The highest BCUT2D eigenvalue weighted by molar-refractivity contribution is 7.99. The van der Waals surface area contributed by atoms with Crippen molar-refractivity contribution in [2.75, 3.05) is 31.5 Å². The van der Waals surface area contributed by atoms with Crippen LogP contribution in [0.25, 0.3) is 0 Å². The van der Waals surface area contributed by atoms with Crippen LogP contribution in [0.3, 0.4) is 0 Å². The van der Waals surface area contributed by atoms with Crippen molar-refractivity contribution in [1.29, 1.82) is 0 Å². The third kappa shape index (κ3) is 5.08. The Bertz CT molecular complexity index is 151. The molecule has 1 fully saturated rings. The summed E-state index contributed by atoms with van der Waals surface area (Å²) in [5, 5.41) is 0.452. The Morgan fingerprint density at radius 3 is 1.86 bits per heavy atom. The first-order valence-electron chi connectivity index (χ1n) is 4.88. The van der Waals surface area contributed by atoms with E-state index in [1.807, 2.05) is 25.6 Å². The van der Waals surface area contributed by atoms with Crippen LogP contribution in [0.4, 0.5) is 0 Å². The van der Waals surface area contributed by atoms with E-state index in [4.69, 9.17) is 23.2 Å². The number of halogens is 2. The second-order valence-electron chi connectivity index (χ2n) is 3.87. The Kier molecular flexibility index (Phi) is 5.94. The lowest BCUT2D eigenvalue weighted by atomic mass is 10.4. The summed E-state index contributed by atoms with van der Waals surface area (Å²) in [6.07, 6.45) is 0. The zero-order valence-electron chi connectivity index (χ0n) is 8.75. The van der Waals surface area contributed by atoms with Gasteiger partial charge in [-0.05, 0) is 13.8 Å². The predicted octanol–water partition coefficient (Wildman–Crippen LogP) is 2.46. The average molecular weight is 257 g/mol. The molecule has 1 aliphatic rings. The fraction of sp³-hybridized carbons (Fsp3) is 1.00. The lowest BCUT2D eigenvalue weighted by molar-refractivity contribution is 0.160. The van der Waals surface area contributed by atoms with Crippen molar-refractivity contribution in [3.05, 3.63) is 0 Å². The minimum Gasteiger partial charge on any atom is -0.280 e. The van der Waals surface area contributed by atoms with Gasteiger partial charge >= 0.3 is 0 Å². The molecule has 0 amide bonds. The molecule has 2 atom stereocenters. The molecule has 1 aliphatic heterocycles. The van der Waals surface area contributed by atoms with Gasteiger partial charge in [0.05, 0.1) is 6.67 Å². The van der Waals surface area contributed by atoms with E-state index in [1.54, 1.807) is 0 Å². The van der Waals surface area contributed by atoms with Gasteiger partial charge < -0.3 is 0 Å². The molecule has 0 N–H and O–H groups in total. The Morgan fingerprint density at radius 1 is 1.07 bits per heavy atom. The monoisotopic (exact) mass is 256 g/mol. The lowest BCUT2D eigenvalue weighted by Crippen LogP contribution is -2.45. The molecule has 0 saturated carbocycles. The molecule has 1 heterocycles. The first kappa shape index (κ1) is 12.9. The average Bonchev–Trinajstić information content (AvgIpc) is 2.01. The summed E-state index contributed by atoms with van der Waals surface area (Å²) in [7, 11) is 0. The maximum Gasteiger partial charge on any atom is 0.0522 e. The molecule has 1 saturated heterocycles. The van der Waals surface area contributed by atoms with Crippen LogP contribution >= 0.6 is 35.0 Å². The van der Waals surface area contributed by atoms with Crippen LogP contribution in [-0.4, -0.2) is 52.1 Å². The first-order chi connectivity index (χ1) is 6.58. The minimum absolute atomic E-state index is 0.226. The van der Waals surface area contributed by atoms with Crippen molar-refractivity contribution in [3.8, 4) is 0 Å². The van der Waals surface area contributed by atoms with Crippen LogP contribution in [0.15, 0.2) is 0 Å². The van der Waals surface area contributed by atoms with Crippen molar-refractivity contribution in [1.82, 2.24) is 9.80 Å². The van der Waals surface area contributed by atoms with E-state index < -0.39 is 0 Å². The zero-order valence-corrected chi connectivity index (χ0v) is 11.1. The Morgan fingerprint density at radius 2 is 1.50 bits per heavy atom. The number of hydrogen-bond donors (Lipinski definition) is 0. The van der Waals surface area contributed by atoms with Crippen LogP contribution in [0.1, 0.15) is 13.8 Å². The molecule has 0 aromatic carbocycles. The molecule has 5 heteroatoms. The molecule has 0 aromatic heterocycles. The van der Waals surface area contributed by atoms with Crippen molar-refractivity contribution >= 4 is 35.0 Å². The van der Waals surface area contributed by atoms with Crippen molar-refractivity contribution in [2.45, 2.75) is 24.6 Å². The zero-order chi connectivity index (χ0) is 10.6. The van der Waals surface area contributed by atoms with Gasteiger partial charge in [-0.2, -0.15) is 0 Å². The van der Waals surface area contributed by atoms with E-state index in [0.29, 0.717) is 0 Å². The van der Waals surface area contributed by atoms with E-state index >= 15 is 0 Å². The van der Waals surface area contributed by atoms with Gasteiger partial charge in [0, 0.05) is 35.6 Å². The van der Waals surface area contributed by atoms with Crippen molar-refractivity contribution in [3.63, 3.8) is 0 Å². The Labute approximate surface area is 101 Å². The van der Waals surface area contributed by atoms with E-state index in [-0.39, 0.29) is 10.8 Å². The van der Waals surface area contributed by atoms with Gasteiger partial charge in [0.2, 0.25) is 0 Å². The van der Waals surface area contributed by atoms with E-state index in [0.717, 1.165) is 31.5 Å². The second-order valence-corrected chi connectivity index (χ2v) is 6.29. The highest BCUT2D eigenvalue weighted by Gasteiger charge is 2.19. The predicted molar refractivity (Wildman–Crippen MR) is 66.2 cm³/mol. The first-order valence-corrected chi connectivity index (χ1v) is 6.91. The smallest absolute Gasteiger partial charge is 0.0522 e. The molecule has 0 aromatic rings. The summed E-state index contributed by atoms with van der Waals surface area (Å²) in [4.78, 5) is 4.73. The Balaban J connectivity index is 2.28. The number of thioether (sulfide) groups is 1. The fourth-order valence-corrected chi connectivity index (χ4v) is 2.96. The largest absolute Gasteiger partial charge is 0.280 e. The van der Waals surface area contributed by atoms with Crippen LogP contribution in [0, 0.1) is 0 Å². The molecule has 84 valence electrons. The van der Waals surface area contributed by atoms with Gasteiger partial charge in [0.1, 0.15) is 0 Å². The van der Waals surface area contributed by atoms with Crippen LogP contribution in [-0.2, 0) is 0 Å². The van der Waals surface area contributed by atoms with Gasteiger partial charge in [0.25, 0.3) is 0 Å². The number of nitrogens with zero attached hydrogens (tertiary/aromatic N) is 2. The van der Waals surface area contributed by atoms with Gasteiger partial charge in [-0.3, -0.25) is 9.80 Å². The molecular formula is C9H18Cl2N2S. The molecule has 14 heavy (non-hydrogen) atoms. The third-order valence-corrected chi connectivity index (χ3v) is 3.34. The summed E-state index contributed by atoms with van der Waals surface area (Å²) < 4.78 is 0. The SMILES string of the molecule is C[C@H](Cl)CN1CSCN(C[C@H](C)Cl)C1. The van der Waals surface area contributed by atoms with E-state index in [2.05, 4.69) is 9.80 Å². The van der Waals surface area contributed by atoms with Gasteiger partial charge in [-0.1, -0.05) is 0 Å². The Hall–Kier alpha value is 0.850. The molecule has 0 bridgehead atoms. The van der Waals surface area contributed by atoms with Gasteiger partial charge in [0.15, 0.2) is 0 Å². The van der Waals surface area contributed by atoms with Crippen LogP contribution in [0.5, 0.6) is 0 Å². The van der Waals surface area contributed by atoms with Crippen molar-refractivity contribution in [2.24, 2.45) is 0 Å². The highest BCUT2D eigenvalue weighted by Crippen LogP contribution is 2.17. The molecule has 1 rings (SSSR count). The summed E-state index contributed by atoms with van der Waals surface area (Å²) >= 11 is 13.9. The summed E-state index contributed by atoms with van der Waals surface area (Å²) in [5.74, 6) is 2.18. The van der Waals surface area contributed by atoms with Crippen molar-refractivity contribution < 1.29 is 0 Å². The maximum absolute atomic E-state index is 5.97. The molecule has 0 radical (unpaired) electrons. The molecule has 0 aliphatic carbocycles. The topological polar surface area (TPSA) is 6.48 Å². The van der Waals surface area contributed by atoms with Crippen LogP contribution in [0.2, 0.25) is 0 Å².